The zero-order valence-electron chi connectivity index (χ0n) is 5.01. The molecule has 0 saturated carbocycles. The SMILES string of the molecule is CC(=O)O[C@@H]1CNC1=O. The predicted molar refractivity (Wildman–Crippen MR) is 28.6 cm³/mol. The number of carbonyl (C=O) groups is 2. The fourth-order valence-electron chi connectivity index (χ4n) is 0.564. The summed E-state index contributed by atoms with van der Waals surface area (Å²) in [6.07, 6.45) is -0.525. The largest absolute Gasteiger partial charge is 0.451 e. The van der Waals surface area contributed by atoms with Crippen molar-refractivity contribution in [2.75, 3.05) is 6.54 Å². The molecule has 1 aliphatic heterocycles. The van der Waals surface area contributed by atoms with Crippen molar-refractivity contribution in [3.8, 4) is 0 Å². The van der Waals surface area contributed by atoms with Crippen LogP contribution >= 0.6 is 0 Å². The Morgan fingerprint density at radius 2 is 2.56 bits per heavy atom. The van der Waals surface area contributed by atoms with Crippen LogP contribution in [-0.4, -0.2) is 24.5 Å². The Hall–Kier alpha value is -1.06. The summed E-state index contributed by atoms with van der Waals surface area (Å²) in [7, 11) is 0. The fraction of sp³-hybridized carbons (Fsp3) is 0.600. The quantitative estimate of drug-likeness (QED) is 0.367. The first-order valence-electron chi connectivity index (χ1n) is 2.65. The Labute approximate surface area is 52.2 Å². The van der Waals surface area contributed by atoms with Crippen molar-refractivity contribution in [2.24, 2.45) is 0 Å². The minimum atomic E-state index is -0.525. The molecule has 1 saturated heterocycles. The number of rotatable bonds is 1. The van der Waals surface area contributed by atoms with Gasteiger partial charge in [-0.1, -0.05) is 0 Å². The van der Waals surface area contributed by atoms with E-state index in [1.165, 1.54) is 6.92 Å². The molecule has 1 rings (SSSR count). The first kappa shape index (κ1) is 6.07. The second-order valence-electron chi connectivity index (χ2n) is 1.84. The van der Waals surface area contributed by atoms with E-state index >= 15 is 0 Å². The number of nitrogens with one attached hydrogen (secondary N) is 1. The van der Waals surface area contributed by atoms with Gasteiger partial charge in [-0.05, 0) is 0 Å². The summed E-state index contributed by atoms with van der Waals surface area (Å²) in [5.41, 5.74) is 0. The van der Waals surface area contributed by atoms with E-state index in [4.69, 9.17) is 0 Å². The molecule has 0 aliphatic carbocycles. The molecule has 1 amide bonds. The molecule has 0 aromatic heterocycles. The minimum absolute atomic E-state index is 0.204. The molecule has 0 spiro atoms. The number of carbonyl (C=O) groups excluding carboxylic acids is 2. The molecule has 0 unspecified atom stereocenters. The average Bonchev–Trinajstić information content (AvgIpc) is 1.79. The monoisotopic (exact) mass is 129 g/mol. The van der Waals surface area contributed by atoms with Crippen LogP contribution in [0.4, 0.5) is 0 Å². The number of amides is 1. The summed E-state index contributed by atoms with van der Waals surface area (Å²) in [5, 5.41) is 2.45. The molecule has 50 valence electrons. The lowest BCUT2D eigenvalue weighted by molar-refractivity contribution is -0.159. The summed E-state index contributed by atoms with van der Waals surface area (Å²) in [6.45, 7) is 1.74. The van der Waals surface area contributed by atoms with Crippen molar-refractivity contribution >= 4 is 11.9 Å². The predicted octanol–water partition coefficient (Wildman–Crippen LogP) is -0.952. The van der Waals surface area contributed by atoms with Gasteiger partial charge < -0.3 is 10.1 Å². The molecular weight excluding hydrogens is 122 g/mol. The summed E-state index contributed by atoms with van der Waals surface area (Å²) in [5.74, 6) is -0.611. The Balaban J connectivity index is 2.29. The molecule has 0 aromatic rings. The molecule has 9 heavy (non-hydrogen) atoms. The van der Waals surface area contributed by atoms with Crippen LogP contribution in [-0.2, 0) is 14.3 Å². The van der Waals surface area contributed by atoms with Gasteiger partial charge in [-0.25, -0.2) is 0 Å². The molecule has 0 aromatic carbocycles. The molecule has 1 fully saturated rings. The van der Waals surface area contributed by atoms with Crippen molar-refractivity contribution < 1.29 is 14.3 Å². The highest BCUT2D eigenvalue weighted by Gasteiger charge is 2.29. The zero-order valence-corrected chi connectivity index (χ0v) is 5.01. The van der Waals surface area contributed by atoms with Crippen LogP contribution in [0.15, 0.2) is 0 Å². The molecular formula is C5H7NO3. The Morgan fingerprint density at radius 1 is 1.89 bits per heavy atom. The van der Waals surface area contributed by atoms with Crippen LogP contribution in [0.2, 0.25) is 0 Å². The van der Waals surface area contributed by atoms with Gasteiger partial charge in [-0.2, -0.15) is 0 Å². The molecule has 4 heteroatoms. The lowest BCUT2D eigenvalue weighted by Gasteiger charge is -2.24. The minimum Gasteiger partial charge on any atom is -0.451 e. The number of esters is 1. The maximum atomic E-state index is 10.4. The standard InChI is InChI=1S/C5H7NO3/c1-3(7)9-4-2-6-5(4)8/h4H,2H2,1H3,(H,6,8)/t4-/m1/s1. The summed E-state index contributed by atoms with van der Waals surface area (Å²) >= 11 is 0. The van der Waals surface area contributed by atoms with Crippen LogP contribution in [0.1, 0.15) is 6.92 Å². The van der Waals surface area contributed by atoms with Crippen LogP contribution < -0.4 is 5.32 Å². The summed E-state index contributed by atoms with van der Waals surface area (Å²) in [4.78, 5) is 20.6. The molecule has 1 atom stereocenters. The molecule has 0 bridgehead atoms. The van der Waals surface area contributed by atoms with Gasteiger partial charge in [0.25, 0.3) is 5.91 Å². The van der Waals surface area contributed by atoms with E-state index in [9.17, 15) is 9.59 Å². The zero-order chi connectivity index (χ0) is 6.85. The topological polar surface area (TPSA) is 55.4 Å². The third kappa shape index (κ3) is 1.19. The van der Waals surface area contributed by atoms with E-state index in [-0.39, 0.29) is 5.91 Å². The van der Waals surface area contributed by atoms with E-state index in [0.29, 0.717) is 6.54 Å². The van der Waals surface area contributed by atoms with Crippen LogP contribution in [0.25, 0.3) is 0 Å². The highest BCUT2D eigenvalue weighted by Crippen LogP contribution is 1.99. The van der Waals surface area contributed by atoms with Gasteiger partial charge in [0.1, 0.15) is 0 Å². The Kier molecular flexibility index (Phi) is 1.38. The van der Waals surface area contributed by atoms with Gasteiger partial charge in [0.05, 0.1) is 6.54 Å². The lowest BCUT2D eigenvalue weighted by Crippen LogP contribution is -2.55. The van der Waals surface area contributed by atoms with Crippen molar-refractivity contribution in [3.63, 3.8) is 0 Å². The molecule has 1 heterocycles. The third-order valence-electron chi connectivity index (χ3n) is 1.06. The molecule has 0 radical (unpaired) electrons. The van der Waals surface area contributed by atoms with Gasteiger partial charge in [0, 0.05) is 6.92 Å². The second kappa shape index (κ2) is 2.05. The Morgan fingerprint density at radius 3 is 2.67 bits per heavy atom. The smallest absolute Gasteiger partial charge is 0.303 e. The maximum Gasteiger partial charge on any atom is 0.303 e. The Bertz CT molecular complexity index is 154. The number of ether oxygens (including phenoxy) is 1. The van der Waals surface area contributed by atoms with Gasteiger partial charge in [-0.15, -0.1) is 0 Å². The highest BCUT2D eigenvalue weighted by molar-refractivity contribution is 5.88. The maximum absolute atomic E-state index is 10.4. The van der Waals surface area contributed by atoms with E-state index in [2.05, 4.69) is 10.1 Å². The fourth-order valence-corrected chi connectivity index (χ4v) is 0.564. The van der Waals surface area contributed by atoms with Crippen LogP contribution in [0.3, 0.4) is 0 Å². The van der Waals surface area contributed by atoms with Crippen LogP contribution in [0.5, 0.6) is 0 Å². The van der Waals surface area contributed by atoms with Gasteiger partial charge in [0.2, 0.25) is 0 Å². The van der Waals surface area contributed by atoms with Crippen molar-refractivity contribution in [1.29, 1.82) is 0 Å². The second-order valence-corrected chi connectivity index (χ2v) is 1.84. The van der Waals surface area contributed by atoms with Gasteiger partial charge >= 0.3 is 5.97 Å². The summed E-state index contributed by atoms with van der Waals surface area (Å²) in [6, 6.07) is 0. The number of hydrogen-bond acceptors (Lipinski definition) is 3. The highest BCUT2D eigenvalue weighted by atomic mass is 16.5. The molecule has 1 N–H and O–H groups in total. The first-order chi connectivity index (χ1) is 4.20. The van der Waals surface area contributed by atoms with E-state index in [1.807, 2.05) is 0 Å². The van der Waals surface area contributed by atoms with Crippen molar-refractivity contribution in [3.05, 3.63) is 0 Å². The summed E-state index contributed by atoms with van der Waals surface area (Å²) < 4.78 is 4.55. The normalized spacial score (nSPS) is 24.1. The average molecular weight is 129 g/mol. The molecule has 4 nitrogen and oxygen atoms in total. The lowest BCUT2D eigenvalue weighted by atomic mass is 10.2. The van der Waals surface area contributed by atoms with Crippen molar-refractivity contribution in [1.82, 2.24) is 5.32 Å². The van der Waals surface area contributed by atoms with Crippen molar-refractivity contribution in [2.45, 2.75) is 13.0 Å². The third-order valence-corrected chi connectivity index (χ3v) is 1.06. The van der Waals surface area contributed by atoms with E-state index in [0.717, 1.165) is 0 Å². The molecule has 1 aliphatic rings. The number of β-lactam (4-membered cyclic amide) rings is 1. The van der Waals surface area contributed by atoms with E-state index in [1.54, 1.807) is 0 Å². The number of hydrogen-bond donors (Lipinski definition) is 1. The van der Waals surface area contributed by atoms with Gasteiger partial charge in [0.15, 0.2) is 6.10 Å². The van der Waals surface area contributed by atoms with Gasteiger partial charge in [-0.3, -0.25) is 9.59 Å². The van der Waals surface area contributed by atoms with Crippen LogP contribution in [0, 0.1) is 0 Å². The first-order valence-corrected chi connectivity index (χ1v) is 2.65. The van der Waals surface area contributed by atoms with E-state index < -0.39 is 12.1 Å².